The molecule has 114 valence electrons. The largest absolute Gasteiger partial charge is 0.392 e. The second kappa shape index (κ2) is 5.06. The Labute approximate surface area is 134 Å². The Kier molecular flexibility index (Phi) is 3.42. The van der Waals surface area contributed by atoms with Crippen molar-refractivity contribution in [2.45, 2.75) is 51.0 Å². The number of rotatable bonds is 3. The Morgan fingerprint density at radius 3 is 2.19 bits per heavy atom. The molecule has 1 unspecified atom stereocenters. The highest BCUT2D eigenvalue weighted by atomic mass is 79.9. The van der Waals surface area contributed by atoms with Gasteiger partial charge in [0, 0.05) is 4.47 Å². The maximum absolute atomic E-state index is 13.5. The van der Waals surface area contributed by atoms with Crippen molar-refractivity contribution < 1.29 is 9.50 Å². The van der Waals surface area contributed by atoms with Gasteiger partial charge in [0.25, 0.3) is 0 Å². The maximum Gasteiger partial charge on any atom is 0.124 e. The molecule has 4 fully saturated rings. The number of hydrogen-bond donors (Lipinski definition) is 1. The van der Waals surface area contributed by atoms with Gasteiger partial charge in [0.1, 0.15) is 5.82 Å². The van der Waals surface area contributed by atoms with Gasteiger partial charge in [0.05, 0.1) is 6.10 Å². The van der Waals surface area contributed by atoms with Gasteiger partial charge >= 0.3 is 0 Å². The zero-order valence-electron chi connectivity index (χ0n) is 12.2. The van der Waals surface area contributed by atoms with Crippen LogP contribution in [0.2, 0.25) is 0 Å². The lowest BCUT2D eigenvalue weighted by molar-refractivity contribution is -0.119. The van der Waals surface area contributed by atoms with Crippen LogP contribution in [0, 0.1) is 29.0 Å². The summed E-state index contributed by atoms with van der Waals surface area (Å²) >= 11 is 3.35. The van der Waals surface area contributed by atoms with Crippen LogP contribution < -0.4 is 0 Å². The summed E-state index contributed by atoms with van der Waals surface area (Å²) < 4.78 is 14.3. The zero-order chi connectivity index (χ0) is 14.6. The minimum Gasteiger partial charge on any atom is -0.392 e. The van der Waals surface area contributed by atoms with E-state index in [9.17, 15) is 9.50 Å². The van der Waals surface area contributed by atoms with Gasteiger partial charge < -0.3 is 5.11 Å². The lowest BCUT2D eigenvalue weighted by Gasteiger charge is -2.58. The van der Waals surface area contributed by atoms with Gasteiger partial charge in [0.2, 0.25) is 0 Å². The molecule has 1 N–H and O–H groups in total. The fourth-order valence-corrected chi connectivity index (χ4v) is 6.27. The fraction of sp³-hybridized carbons (Fsp3) is 0.667. The van der Waals surface area contributed by atoms with Crippen LogP contribution in [0.1, 0.15) is 44.1 Å². The Balaban J connectivity index is 1.55. The average Bonchev–Trinajstić information content (AvgIpc) is 2.35. The molecule has 0 aliphatic heterocycles. The molecule has 0 saturated heterocycles. The Morgan fingerprint density at radius 2 is 1.67 bits per heavy atom. The van der Waals surface area contributed by atoms with E-state index in [0.717, 1.165) is 27.8 Å². The third kappa shape index (κ3) is 2.57. The highest BCUT2D eigenvalue weighted by Gasteiger charge is 2.53. The summed E-state index contributed by atoms with van der Waals surface area (Å²) in [6, 6.07) is 4.97. The summed E-state index contributed by atoms with van der Waals surface area (Å²) in [5, 5.41) is 10.9. The van der Waals surface area contributed by atoms with Gasteiger partial charge in [0.15, 0.2) is 0 Å². The Morgan fingerprint density at radius 1 is 1.10 bits per heavy atom. The van der Waals surface area contributed by atoms with Crippen LogP contribution in [0.3, 0.4) is 0 Å². The van der Waals surface area contributed by atoms with Crippen molar-refractivity contribution >= 4 is 15.9 Å². The van der Waals surface area contributed by atoms with Crippen LogP contribution >= 0.6 is 15.9 Å². The molecule has 1 nitrogen and oxygen atoms in total. The molecule has 1 atom stereocenters. The van der Waals surface area contributed by atoms with Gasteiger partial charge in [-0.3, -0.25) is 0 Å². The van der Waals surface area contributed by atoms with Gasteiger partial charge in [-0.05, 0) is 91.9 Å². The molecule has 4 aliphatic carbocycles. The van der Waals surface area contributed by atoms with E-state index in [1.54, 1.807) is 6.07 Å². The molecular formula is C18H22BrFO. The standard InChI is InChI=1S/C18H22BrFO/c19-15-4-11(5-16(20)7-15)6-17(21)18-8-12-1-13(9-18)3-14(2-12)10-18/h4-5,7,12-14,17,21H,1-3,6,8-10H2. The minimum absolute atomic E-state index is 0.119. The van der Waals surface area contributed by atoms with E-state index in [1.165, 1.54) is 44.6 Å². The molecule has 21 heavy (non-hydrogen) atoms. The average molecular weight is 353 g/mol. The number of benzene rings is 1. The van der Waals surface area contributed by atoms with E-state index in [2.05, 4.69) is 15.9 Å². The molecule has 5 rings (SSSR count). The van der Waals surface area contributed by atoms with E-state index in [1.807, 2.05) is 6.07 Å². The van der Waals surface area contributed by atoms with Crippen molar-refractivity contribution in [3.05, 3.63) is 34.1 Å². The smallest absolute Gasteiger partial charge is 0.124 e. The highest BCUT2D eigenvalue weighted by molar-refractivity contribution is 9.10. The van der Waals surface area contributed by atoms with Crippen LogP contribution in [-0.2, 0) is 6.42 Å². The molecule has 4 saturated carbocycles. The summed E-state index contributed by atoms with van der Waals surface area (Å²) in [6.07, 6.45) is 8.00. The van der Waals surface area contributed by atoms with E-state index in [4.69, 9.17) is 0 Å². The van der Waals surface area contributed by atoms with Crippen molar-refractivity contribution in [3.8, 4) is 0 Å². The van der Waals surface area contributed by atoms with Crippen molar-refractivity contribution in [1.82, 2.24) is 0 Å². The molecule has 0 amide bonds. The first-order valence-corrected chi connectivity index (χ1v) is 8.95. The van der Waals surface area contributed by atoms with Gasteiger partial charge in [-0.1, -0.05) is 15.9 Å². The summed E-state index contributed by atoms with van der Waals surface area (Å²) in [6.45, 7) is 0. The van der Waals surface area contributed by atoms with Gasteiger partial charge in [-0.25, -0.2) is 4.39 Å². The van der Waals surface area contributed by atoms with Crippen molar-refractivity contribution in [3.63, 3.8) is 0 Å². The molecule has 3 heteroatoms. The predicted molar refractivity (Wildman–Crippen MR) is 84.4 cm³/mol. The van der Waals surface area contributed by atoms with Crippen LogP contribution in [0.5, 0.6) is 0 Å². The SMILES string of the molecule is OC(Cc1cc(F)cc(Br)c1)C12CC3CC(CC(C3)C1)C2. The zero-order valence-corrected chi connectivity index (χ0v) is 13.8. The summed E-state index contributed by atoms with van der Waals surface area (Å²) in [5.41, 5.74) is 1.03. The van der Waals surface area contributed by atoms with E-state index < -0.39 is 0 Å². The van der Waals surface area contributed by atoms with Gasteiger partial charge in [-0.15, -0.1) is 0 Å². The monoisotopic (exact) mass is 352 g/mol. The summed E-state index contributed by atoms with van der Waals surface area (Å²) in [5.74, 6) is 2.29. The van der Waals surface area contributed by atoms with Gasteiger partial charge in [-0.2, -0.15) is 0 Å². The lowest BCUT2D eigenvalue weighted by atomic mass is 9.48. The third-order valence-electron chi connectivity index (χ3n) is 6.14. The molecular weight excluding hydrogens is 331 g/mol. The number of halogens is 2. The maximum atomic E-state index is 13.5. The first-order valence-electron chi connectivity index (χ1n) is 8.15. The predicted octanol–water partition coefficient (Wildman–Crippen LogP) is 4.71. The first kappa shape index (κ1) is 14.2. The first-order chi connectivity index (χ1) is 10.0. The Hall–Kier alpha value is -0.410. The summed E-state index contributed by atoms with van der Waals surface area (Å²) in [4.78, 5) is 0. The van der Waals surface area contributed by atoms with E-state index in [-0.39, 0.29) is 17.3 Å². The van der Waals surface area contributed by atoms with Crippen LogP contribution in [-0.4, -0.2) is 11.2 Å². The molecule has 0 radical (unpaired) electrons. The topological polar surface area (TPSA) is 20.2 Å². The van der Waals surface area contributed by atoms with E-state index >= 15 is 0 Å². The quantitative estimate of drug-likeness (QED) is 0.835. The van der Waals surface area contributed by atoms with Crippen molar-refractivity contribution in [2.75, 3.05) is 0 Å². The lowest BCUT2D eigenvalue weighted by Crippen LogP contribution is -2.52. The third-order valence-corrected chi connectivity index (χ3v) is 6.60. The van der Waals surface area contributed by atoms with Crippen molar-refractivity contribution in [2.24, 2.45) is 23.2 Å². The van der Waals surface area contributed by atoms with Crippen LogP contribution in [0.15, 0.2) is 22.7 Å². The van der Waals surface area contributed by atoms with Crippen LogP contribution in [0.25, 0.3) is 0 Å². The molecule has 0 heterocycles. The fourth-order valence-electron chi connectivity index (χ4n) is 5.75. The molecule has 4 aliphatic rings. The molecule has 0 spiro atoms. The molecule has 4 bridgehead atoms. The number of aliphatic hydroxyl groups excluding tert-OH is 1. The minimum atomic E-state index is -0.320. The second-order valence-corrected chi connectivity index (χ2v) is 8.69. The molecule has 1 aromatic rings. The number of hydrogen-bond acceptors (Lipinski definition) is 1. The second-order valence-electron chi connectivity index (χ2n) is 7.78. The molecule has 1 aromatic carbocycles. The Bertz CT molecular complexity index is 501. The highest BCUT2D eigenvalue weighted by Crippen LogP contribution is 2.61. The number of aliphatic hydroxyl groups is 1. The van der Waals surface area contributed by atoms with E-state index in [0.29, 0.717) is 6.42 Å². The summed E-state index contributed by atoms with van der Waals surface area (Å²) in [7, 11) is 0. The van der Waals surface area contributed by atoms with Crippen LogP contribution in [0.4, 0.5) is 4.39 Å². The normalized spacial score (nSPS) is 38.7. The van der Waals surface area contributed by atoms with Crippen molar-refractivity contribution in [1.29, 1.82) is 0 Å². The molecule has 0 aromatic heterocycles.